The van der Waals surface area contributed by atoms with Crippen LogP contribution < -0.4 is 0 Å². The Balaban J connectivity index is 2.00. The summed E-state index contributed by atoms with van der Waals surface area (Å²) < 4.78 is 5.27. The van der Waals surface area contributed by atoms with E-state index in [1.807, 2.05) is 0 Å². The zero-order valence-electron chi connectivity index (χ0n) is 9.12. The van der Waals surface area contributed by atoms with E-state index in [0.29, 0.717) is 24.5 Å². The quantitative estimate of drug-likeness (QED) is 0.718. The minimum atomic E-state index is 0.122. The minimum Gasteiger partial charge on any atom is -0.381 e. The number of ether oxygens (including phenoxy) is 1. The molecule has 2 saturated heterocycles. The van der Waals surface area contributed by atoms with Crippen molar-refractivity contribution < 1.29 is 9.53 Å². The molecule has 0 aliphatic carbocycles. The number of rotatable bonds is 2. The molecule has 3 nitrogen and oxygen atoms in total. The van der Waals surface area contributed by atoms with Crippen LogP contribution in [0.15, 0.2) is 0 Å². The van der Waals surface area contributed by atoms with Crippen LogP contribution in [0.2, 0.25) is 0 Å². The predicted molar refractivity (Wildman–Crippen MR) is 62.0 cm³/mol. The molecule has 3 atom stereocenters. The molecule has 2 fully saturated rings. The molecule has 2 heterocycles. The van der Waals surface area contributed by atoms with Crippen LogP contribution >= 0.6 is 15.9 Å². The van der Waals surface area contributed by atoms with Crippen LogP contribution in [-0.4, -0.2) is 41.9 Å². The molecule has 4 heteroatoms. The Morgan fingerprint density at radius 2 is 2.33 bits per heavy atom. The average molecular weight is 276 g/mol. The lowest BCUT2D eigenvalue weighted by atomic mass is 10.0. The maximum atomic E-state index is 12.2. The van der Waals surface area contributed by atoms with Crippen LogP contribution in [-0.2, 0) is 9.53 Å². The number of amides is 1. The van der Waals surface area contributed by atoms with Crippen LogP contribution in [0.4, 0.5) is 0 Å². The van der Waals surface area contributed by atoms with E-state index in [0.717, 1.165) is 31.3 Å². The van der Waals surface area contributed by atoms with Gasteiger partial charge in [-0.15, -0.1) is 0 Å². The van der Waals surface area contributed by atoms with Gasteiger partial charge in [0.15, 0.2) is 0 Å². The number of alkyl halides is 1. The predicted octanol–water partition coefficient (Wildman–Crippen LogP) is 1.65. The van der Waals surface area contributed by atoms with Gasteiger partial charge in [-0.25, -0.2) is 0 Å². The number of halogens is 1. The van der Waals surface area contributed by atoms with Gasteiger partial charge in [-0.1, -0.05) is 22.9 Å². The molecule has 0 aromatic heterocycles. The molecule has 0 N–H and O–H groups in total. The van der Waals surface area contributed by atoms with Crippen molar-refractivity contribution >= 4 is 21.8 Å². The van der Waals surface area contributed by atoms with E-state index in [4.69, 9.17) is 4.74 Å². The average Bonchev–Trinajstić information content (AvgIpc) is 2.85. The monoisotopic (exact) mass is 275 g/mol. The lowest BCUT2D eigenvalue weighted by molar-refractivity contribution is -0.136. The highest BCUT2D eigenvalue weighted by atomic mass is 79.9. The topological polar surface area (TPSA) is 29.5 Å². The van der Waals surface area contributed by atoms with Crippen molar-refractivity contribution in [3.8, 4) is 0 Å². The maximum absolute atomic E-state index is 12.2. The van der Waals surface area contributed by atoms with Crippen molar-refractivity contribution in [3.05, 3.63) is 0 Å². The molecule has 0 radical (unpaired) electrons. The fourth-order valence-corrected chi connectivity index (χ4v) is 3.47. The molecule has 2 aliphatic heterocycles. The summed E-state index contributed by atoms with van der Waals surface area (Å²) in [7, 11) is 0. The normalized spacial score (nSPS) is 36.1. The third kappa shape index (κ3) is 2.21. The highest BCUT2D eigenvalue weighted by Crippen LogP contribution is 2.28. The second-order valence-corrected chi connectivity index (χ2v) is 5.23. The van der Waals surface area contributed by atoms with Gasteiger partial charge in [0.2, 0.25) is 5.91 Å². The molecular formula is C11H18BrNO2. The van der Waals surface area contributed by atoms with Gasteiger partial charge in [-0.2, -0.15) is 0 Å². The van der Waals surface area contributed by atoms with Crippen molar-refractivity contribution in [2.24, 2.45) is 11.8 Å². The van der Waals surface area contributed by atoms with Gasteiger partial charge in [-0.3, -0.25) is 4.79 Å². The minimum absolute atomic E-state index is 0.122. The van der Waals surface area contributed by atoms with Gasteiger partial charge in [0.05, 0.1) is 12.5 Å². The van der Waals surface area contributed by atoms with Gasteiger partial charge < -0.3 is 9.64 Å². The number of carbonyl (C=O) groups is 1. The first-order valence-corrected chi connectivity index (χ1v) is 6.80. The Morgan fingerprint density at radius 3 is 2.93 bits per heavy atom. The van der Waals surface area contributed by atoms with E-state index < -0.39 is 0 Å². The third-order valence-electron chi connectivity index (χ3n) is 3.60. The van der Waals surface area contributed by atoms with Crippen molar-refractivity contribution in [1.29, 1.82) is 0 Å². The van der Waals surface area contributed by atoms with Gasteiger partial charge >= 0.3 is 0 Å². The summed E-state index contributed by atoms with van der Waals surface area (Å²) in [4.78, 5) is 14.2. The van der Waals surface area contributed by atoms with Crippen molar-refractivity contribution in [3.63, 3.8) is 0 Å². The van der Waals surface area contributed by atoms with E-state index in [-0.39, 0.29) is 5.92 Å². The summed E-state index contributed by atoms with van der Waals surface area (Å²) in [6.45, 7) is 4.52. The second-order valence-electron chi connectivity index (χ2n) is 4.58. The third-order valence-corrected chi connectivity index (χ3v) is 4.27. The smallest absolute Gasteiger partial charge is 0.228 e. The Morgan fingerprint density at radius 1 is 1.53 bits per heavy atom. The van der Waals surface area contributed by atoms with Crippen LogP contribution in [0, 0.1) is 11.8 Å². The zero-order chi connectivity index (χ0) is 10.8. The number of carbonyl (C=O) groups excluding carboxylic acids is 1. The fourth-order valence-electron chi connectivity index (χ4n) is 2.48. The lowest BCUT2D eigenvalue weighted by Crippen LogP contribution is -2.42. The van der Waals surface area contributed by atoms with Crippen molar-refractivity contribution in [2.45, 2.75) is 25.8 Å². The summed E-state index contributed by atoms with van der Waals surface area (Å²) in [5.41, 5.74) is 0. The summed E-state index contributed by atoms with van der Waals surface area (Å²) in [6.07, 6.45) is 2.04. The Hall–Kier alpha value is -0.0900. The Bertz CT molecular complexity index is 241. The largest absolute Gasteiger partial charge is 0.381 e. The second kappa shape index (κ2) is 4.83. The lowest BCUT2D eigenvalue weighted by Gasteiger charge is -2.27. The first-order valence-electron chi connectivity index (χ1n) is 5.68. The molecule has 2 rings (SSSR count). The van der Waals surface area contributed by atoms with Gasteiger partial charge in [0.25, 0.3) is 0 Å². The molecular weight excluding hydrogens is 258 g/mol. The van der Waals surface area contributed by atoms with Gasteiger partial charge in [0.1, 0.15) is 0 Å². The van der Waals surface area contributed by atoms with E-state index in [9.17, 15) is 4.79 Å². The van der Waals surface area contributed by atoms with Crippen LogP contribution in [0.1, 0.15) is 19.8 Å². The first kappa shape index (κ1) is 11.4. The Kier molecular flexibility index (Phi) is 3.67. The van der Waals surface area contributed by atoms with E-state index >= 15 is 0 Å². The van der Waals surface area contributed by atoms with Crippen LogP contribution in [0.3, 0.4) is 0 Å². The molecule has 2 aliphatic rings. The zero-order valence-corrected chi connectivity index (χ0v) is 10.7. The number of nitrogens with zero attached hydrogens (tertiary/aromatic N) is 1. The molecule has 0 aromatic rings. The van der Waals surface area contributed by atoms with Gasteiger partial charge in [-0.05, 0) is 18.8 Å². The number of likely N-dealkylation sites (tertiary alicyclic amines) is 1. The Labute approximate surface area is 99.3 Å². The van der Waals surface area contributed by atoms with Crippen molar-refractivity contribution in [1.82, 2.24) is 4.90 Å². The van der Waals surface area contributed by atoms with Gasteiger partial charge in [0, 0.05) is 24.5 Å². The number of hydrogen-bond donors (Lipinski definition) is 0. The summed E-state index contributed by atoms with van der Waals surface area (Å²) in [5, 5.41) is 0.896. The van der Waals surface area contributed by atoms with Crippen molar-refractivity contribution in [2.75, 3.05) is 25.1 Å². The first-order chi connectivity index (χ1) is 7.24. The molecule has 0 saturated carbocycles. The molecule has 0 bridgehead atoms. The molecule has 86 valence electrons. The maximum Gasteiger partial charge on any atom is 0.228 e. The molecule has 0 aromatic carbocycles. The summed E-state index contributed by atoms with van der Waals surface area (Å²) in [5.74, 6) is 1.05. The highest BCUT2D eigenvalue weighted by Gasteiger charge is 2.37. The van der Waals surface area contributed by atoms with Crippen LogP contribution in [0.25, 0.3) is 0 Å². The SMILES string of the molecule is CC1CCN(C(=O)C2CCOC2)C1CBr. The van der Waals surface area contributed by atoms with Crippen LogP contribution in [0.5, 0.6) is 0 Å². The van der Waals surface area contributed by atoms with E-state index in [1.54, 1.807) is 0 Å². The molecule has 3 unspecified atom stereocenters. The molecule has 1 amide bonds. The molecule has 0 spiro atoms. The summed E-state index contributed by atoms with van der Waals surface area (Å²) >= 11 is 3.51. The fraction of sp³-hybridized carbons (Fsp3) is 0.909. The molecule has 15 heavy (non-hydrogen) atoms. The number of hydrogen-bond acceptors (Lipinski definition) is 2. The summed E-state index contributed by atoms with van der Waals surface area (Å²) in [6, 6.07) is 0.387. The van der Waals surface area contributed by atoms with E-state index in [2.05, 4.69) is 27.8 Å². The van der Waals surface area contributed by atoms with E-state index in [1.165, 1.54) is 0 Å². The highest BCUT2D eigenvalue weighted by molar-refractivity contribution is 9.09. The standard InChI is InChI=1S/C11H18BrNO2/c1-8-2-4-13(10(8)6-12)11(14)9-3-5-15-7-9/h8-10H,2-7H2,1H3.